The first-order valence-corrected chi connectivity index (χ1v) is 6.86. The Morgan fingerprint density at radius 2 is 2.10 bits per heavy atom. The molecule has 0 saturated carbocycles. The fraction of sp³-hybridized carbons (Fsp3) is 0. The SMILES string of the molecule is O=C(c1ccc(Cl)cc1F)c1c[nH]c2ncc(Br)cc12. The molecule has 0 spiro atoms. The Bertz CT molecular complexity index is 831. The van der Waals surface area contributed by atoms with Crippen molar-refractivity contribution in [1.82, 2.24) is 9.97 Å². The molecule has 0 aliphatic heterocycles. The summed E-state index contributed by atoms with van der Waals surface area (Å²) in [5.74, 6) is -1.05. The minimum Gasteiger partial charge on any atom is -0.345 e. The first-order valence-electron chi connectivity index (χ1n) is 5.68. The summed E-state index contributed by atoms with van der Waals surface area (Å²) < 4.78 is 14.6. The Morgan fingerprint density at radius 1 is 1.30 bits per heavy atom. The molecule has 1 aromatic carbocycles. The van der Waals surface area contributed by atoms with Crippen LogP contribution in [-0.2, 0) is 0 Å². The van der Waals surface area contributed by atoms with E-state index in [0.717, 1.165) is 10.5 Å². The number of fused-ring (bicyclic) bond motifs is 1. The molecule has 0 fully saturated rings. The highest BCUT2D eigenvalue weighted by atomic mass is 79.9. The van der Waals surface area contributed by atoms with E-state index in [-0.39, 0.29) is 10.6 Å². The van der Waals surface area contributed by atoms with Gasteiger partial charge in [-0.1, -0.05) is 11.6 Å². The van der Waals surface area contributed by atoms with Crippen LogP contribution in [0.25, 0.3) is 11.0 Å². The van der Waals surface area contributed by atoms with Gasteiger partial charge in [0.15, 0.2) is 5.78 Å². The Morgan fingerprint density at radius 3 is 2.85 bits per heavy atom. The van der Waals surface area contributed by atoms with Crippen LogP contribution in [0.15, 0.2) is 41.1 Å². The first kappa shape index (κ1) is 13.3. The lowest BCUT2D eigenvalue weighted by molar-refractivity contribution is 0.103. The van der Waals surface area contributed by atoms with Gasteiger partial charge < -0.3 is 4.98 Å². The molecule has 100 valence electrons. The van der Waals surface area contributed by atoms with Crippen LogP contribution in [0.4, 0.5) is 4.39 Å². The van der Waals surface area contributed by atoms with E-state index >= 15 is 0 Å². The highest BCUT2D eigenvalue weighted by Gasteiger charge is 2.18. The minimum atomic E-state index is -0.639. The van der Waals surface area contributed by atoms with E-state index < -0.39 is 11.6 Å². The van der Waals surface area contributed by atoms with Crippen molar-refractivity contribution in [2.45, 2.75) is 0 Å². The molecule has 3 aromatic rings. The lowest BCUT2D eigenvalue weighted by atomic mass is 10.0. The van der Waals surface area contributed by atoms with Gasteiger partial charge in [-0.2, -0.15) is 0 Å². The van der Waals surface area contributed by atoms with Gasteiger partial charge in [0.2, 0.25) is 0 Å². The molecule has 3 nitrogen and oxygen atoms in total. The van der Waals surface area contributed by atoms with E-state index in [2.05, 4.69) is 25.9 Å². The van der Waals surface area contributed by atoms with Crippen LogP contribution in [0.3, 0.4) is 0 Å². The molecule has 0 aliphatic rings. The summed E-state index contributed by atoms with van der Waals surface area (Å²) in [5, 5.41) is 0.890. The molecular weight excluding hydrogens is 347 g/mol. The van der Waals surface area contributed by atoms with Crippen molar-refractivity contribution in [2.75, 3.05) is 0 Å². The van der Waals surface area contributed by atoms with Crippen molar-refractivity contribution >= 4 is 44.3 Å². The fourth-order valence-corrected chi connectivity index (χ4v) is 2.47. The highest BCUT2D eigenvalue weighted by Crippen LogP contribution is 2.24. The van der Waals surface area contributed by atoms with Crippen LogP contribution in [0.2, 0.25) is 5.02 Å². The average Bonchev–Trinajstić information content (AvgIpc) is 2.81. The number of hydrogen-bond donors (Lipinski definition) is 1. The Labute approximate surface area is 126 Å². The van der Waals surface area contributed by atoms with E-state index in [0.29, 0.717) is 16.6 Å². The number of rotatable bonds is 2. The number of halogens is 3. The second-order valence-electron chi connectivity index (χ2n) is 4.21. The molecule has 0 unspecified atom stereocenters. The van der Waals surface area contributed by atoms with E-state index in [1.165, 1.54) is 18.3 Å². The second kappa shape index (κ2) is 5.00. The van der Waals surface area contributed by atoms with Gasteiger partial charge in [0.05, 0.1) is 5.56 Å². The van der Waals surface area contributed by atoms with Gasteiger partial charge in [-0.25, -0.2) is 9.37 Å². The standard InChI is InChI=1S/C14H7BrClFN2O/c15-7-3-10-11(6-19-14(10)18-5-7)13(20)9-2-1-8(16)4-12(9)17/h1-6H,(H,18,19). The molecular formula is C14H7BrClFN2O. The quantitative estimate of drug-likeness (QED) is 0.696. The van der Waals surface area contributed by atoms with E-state index in [9.17, 15) is 9.18 Å². The zero-order chi connectivity index (χ0) is 14.3. The summed E-state index contributed by atoms with van der Waals surface area (Å²) in [7, 11) is 0. The van der Waals surface area contributed by atoms with Gasteiger partial charge >= 0.3 is 0 Å². The monoisotopic (exact) mass is 352 g/mol. The van der Waals surface area contributed by atoms with Crippen molar-refractivity contribution in [2.24, 2.45) is 0 Å². The molecule has 0 radical (unpaired) electrons. The molecule has 3 rings (SSSR count). The summed E-state index contributed by atoms with van der Waals surface area (Å²) in [6.07, 6.45) is 3.15. The van der Waals surface area contributed by atoms with Crippen molar-refractivity contribution in [3.05, 3.63) is 63.1 Å². The molecule has 0 atom stereocenters. The molecule has 0 bridgehead atoms. The van der Waals surface area contributed by atoms with Crippen LogP contribution in [-0.4, -0.2) is 15.8 Å². The Hall–Kier alpha value is -1.72. The van der Waals surface area contributed by atoms with Crippen molar-refractivity contribution in [3.8, 4) is 0 Å². The normalized spacial score (nSPS) is 10.9. The first-order chi connectivity index (χ1) is 9.56. The van der Waals surface area contributed by atoms with E-state index in [1.54, 1.807) is 12.3 Å². The summed E-state index contributed by atoms with van der Waals surface area (Å²) in [4.78, 5) is 19.5. The van der Waals surface area contributed by atoms with Gasteiger partial charge in [0.25, 0.3) is 0 Å². The van der Waals surface area contributed by atoms with Gasteiger partial charge in [-0.05, 0) is 40.2 Å². The number of aromatic amines is 1. The molecule has 0 aliphatic carbocycles. The number of pyridine rings is 1. The maximum Gasteiger partial charge on any atom is 0.198 e. The van der Waals surface area contributed by atoms with Crippen LogP contribution >= 0.6 is 27.5 Å². The number of carbonyl (C=O) groups excluding carboxylic acids is 1. The van der Waals surface area contributed by atoms with Crippen LogP contribution < -0.4 is 0 Å². The van der Waals surface area contributed by atoms with Crippen LogP contribution in [0.5, 0.6) is 0 Å². The number of ketones is 1. The Balaban J connectivity index is 2.15. The molecule has 2 heterocycles. The predicted molar refractivity (Wildman–Crippen MR) is 78.6 cm³/mol. The average molecular weight is 354 g/mol. The van der Waals surface area contributed by atoms with Gasteiger partial charge in [-0.3, -0.25) is 4.79 Å². The van der Waals surface area contributed by atoms with Gasteiger partial charge in [-0.15, -0.1) is 0 Å². The Kier molecular flexibility index (Phi) is 3.31. The van der Waals surface area contributed by atoms with Crippen LogP contribution in [0, 0.1) is 5.82 Å². The number of nitrogens with one attached hydrogen (secondary N) is 1. The van der Waals surface area contributed by atoms with Crippen molar-refractivity contribution in [1.29, 1.82) is 0 Å². The number of nitrogens with zero attached hydrogens (tertiary/aromatic N) is 1. The lowest BCUT2D eigenvalue weighted by Gasteiger charge is -2.02. The maximum absolute atomic E-state index is 13.8. The molecule has 2 aromatic heterocycles. The number of carbonyl (C=O) groups is 1. The minimum absolute atomic E-state index is 0.0183. The second-order valence-corrected chi connectivity index (χ2v) is 5.56. The zero-order valence-electron chi connectivity index (χ0n) is 9.95. The number of benzene rings is 1. The zero-order valence-corrected chi connectivity index (χ0v) is 12.3. The fourth-order valence-electron chi connectivity index (χ4n) is 1.98. The third kappa shape index (κ3) is 2.23. The largest absolute Gasteiger partial charge is 0.345 e. The number of H-pyrrole nitrogens is 1. The van der Waals surface area contributed by atoms with Crippen LogP contribution in [0.1, 0.15) is 15.9 Å². The summed E-state index contributed by atoms with van der Waals surface area (Å²) in [6, 6.07) is 5.75. The van der Waals surface area contributed by atoms with E-state index in [4.69, 9.17) is 11.6 Å². The molecule has 0 amide bonds. The summed E-state index contributed by atoms with van der Waals surface area (Å²) >= 11 is 8.99. The van der Waals surface area contributed by atoms with Gasteiger partial charge in [0, 0.05) is 32.8 Å². The molecule has 20 heavy (non-hydrogen) atoms. The molecule has 6 heteroatoms. The summed E-state index contributed by atoms with van der Waals surface area (Å²) in [6.45, 7) is 0. The lowest BCUT2D eigenvalue weighted by Crippen LogP contribution is -2.03. The highest BCUT2D eigenvalue weighted by molar-refractivity contribution is 9.10. The molecule has 1 N–H and O–H groups in total. The smallest absolute Gasteiger partial charge is 0.198 e. The summed E-state index contributed by atoms with van der Waals surface area (Å²) in [5.41, 5.74) is 0.927. The number of aromatic nitrogens is 2. The topological polar surface area (TPSA) is 45.8 Å². The van der Waals surface area contributed by atoms with Crippen molar-refractivity contribution in [3.63, 3.8) is 0 Å². The third-order valence-corrected chi connectivity index (χ3v) is 3.59. The van der Waals surface area contributed by atoms with Crippen molar-refractivity contribution < 1.29 is 9.18 Å². The van der Waals surface area contributed by atoms with E-state index in [1.807, 2.05) is 0 Å². The number of hydrogen-bond acceptors (Lipinski definition) is 2. The third-order valence-electron chi connectivity index (χ3n) is 2.92. The predicted octanol–water partition coefficient (Wildman–Crippen LogP) is 4.35. The maximum atomic E-state index is 13.8. The molecule has 0 saturated heterocycles. The van der Waals surface area contributed by atoms with Gasteiger partial charge in [0.1, 0.15) is 11.5 Å².